The number of halogens is 2. The molecular weight excluding hydrogens is 285 g/mol. The molecule has 0 bridgehead atoms. The number of nitriles is 1. The van der Waals surface area contributed by atoms with Gasteiger partial charge < -0.3 is 4.90 Å². The van der Waals surface area contributed by atoms with E-state index in [1.165, 1.54) is 6.07 Å². The van der Waals surface area contributed by atoms with Crippen LogP contribution in [0.3, 0.4) is 0 Å². The number of nitrogens with zero attached hydrogens (tertiary/aromatic N) is 2. The highest BCUT2D eigenvalue weighted by Crippen LogP contribution is 2.20. The van der Waals surface area contributed by atoms with Crippen molar-refractivity contribution in [3.05, 3.63) is 34.1 Å². The summed E-state index contributed by atoms with van der Waals surface area (Å²) in [6, 6.07) is 6.38. The molecule has 1 aromatic rings. The summed E-state index contributed by atoms with van der Waals surface area (Å²) in [4.78, 5) is 2.02. The van der Waals surface area contributed by atoms with Gasteiger partial charge >= 0.3 is 0 Å². The second kappa shape index (κ2) is 6.70. The van der Waals surface area contributed by atoms with Gasteiger partial charge in [-0.2, -0.15) is 5.26 Å². The normalized spacial score (nSPS) is 12.5. The lowest BCUT2D eigenvalue weighted by Gasteiger charge is -2.14. The molecule has 1 unspecified atom stereocenters. The van der Waals surface area contributed by atoms with Crippen molar-refractivity contribution >= 4 is 15.9 Å². The number of hydrogen-bond donors (Lipinski definition) is 1. The van der Waals surface area contributed by atoms with E-state index in [0.717, 1.165) is 6.54 Å². The largest absolute Gasteiger partial charge is 0.308 e. The number of benzene rings is 1. The molecule has 0 amide bonds. The fraction of sp³-hybridized carbons (Fsp3) is 0.417. The van der Waals surface area contributed by atoms with Gasteiger partial charge in [-0.1, -0.05) is 6.07 Å². The molecule has 0 heterocycles. The average molecular weight is 300 g/mol. The van der Waals surface area contributed by atoms with Crippen LogP contribution < -0.4 is 5.32 Å². The van der Waals surface area contributed by atoms with Crippen molar-refractivity contribution in [1.82, 2.24) is 10.2 Å². The van der Waals surface area contributed by atoms with E-state index < -0.39 is 6.04 Å². The van der Waals surface area contributed by atoms with Gasteiger partial charge in [0.15, 0.2) is 0 Å². The first-order valence-corrected chi connectivity index (χ1v) is 6.06. The summed E-state index contributed by atoms with van der Waals surface area (Å²) in [6.45, 7) is 1.51. The van der Waals surface area contributed by atoms with E-state index >= 15 is 0 Å². The molecule has 0 spiro atoms. The highest BCUT2D eigenvalue weighted by molar-refractivity contribution is 9.10. The highest BCUT2D eigenvalue weighted by Gasteiger charge is 2.11. The van der Waals surface area contributed by atoms with Gasteiger partial charge in [-0.3, -0.25) is 5.32 Å². The predicted octanol–water partition coefficient (Wildman–Crippen LogP) is 2.30. The van der Waals surface area contributed by atoms with E-state index in [0.29, 0.717) is 16.6 Å². The fourth-order valence-corrected chi connectivity index (χ4v) is 1.61. The van der Waals surface area contributed by atoms with Crippen LogP contribution in [-0.2, 0) is 0 Å². The Morgan fingerprint density at radius 2 is 2.24 bits per heavy atom. The molecule has 1 N–H and O–H groups in total. The lowest BCUT2D eigenvalue weighted by Crippen LogP contribution is -2.29. The summed E-state index contributed by atoms with van der Waals surface area (Å²) in [6.07, 6.45) is 0. The minimum atomic E-state index is -0.474. The molecule has 0 aliphatic carbocycles. The van der Waals surface area contributed by atoms with Gasteiger partial charge in [0.25, 0.3) is 0 Å². The highest BCUT2D eigenvalue weighted by atomic mass is 79.9. The predicted molar refractivity (Wildman–Crippen MR) is 69.0 cm³/mol. The van der Waals surface area contributed by atoms with Crippen LogP contribution in [0.1, 0.15) is 11.6 Å². The maximum atomic E-state index is 13.3. The van der Waals surface area contributed by atoms with Gasteiger partial charge in [-0.25, -0.2) is 4.39 Å². The topological polar surface area (TPSA) is 39.1 Å². The number of likely N-dealkylation sites (N-methyl/N-ethyl adjacent to an activating group) is 1. The Bertz CT molecular complexity index is 415. The summed E-state index contributed by atoms with van der Waals surface area (Å²) in [5, 5.41) is 12.1. The van der Waals surface area contributed by atoms with Crippen molar-refractivity contribution < 1.29 is 4.39 Å². The molecular formula is C12H15BrFN3. The molecule has 1 atom stereocenters. The Morgan fingerprint density at radius 1 is 1.53 bits per heavy atom. The maximum absolute atomic E-state index is 13.3. The SMILES string of the molecule is CN(C)CCNC(C#N)c1ccc(Br)c(F)c1. The van der Waals surface area contributed by atoms with Crippen LogP contribution in [-0.4, -0.2) is 32.1 Å². The first kappa shape index (κ1) is 14.1. The van der Waals surface area contributed by atoms with Crippen molar-refractivity contribution in [1.29, 1.82) is 5.26 Å². The lowest BCUT2D eigenvalue weighted by molar-refractivity contribution is 0.395. The summed E-state index contributed by atoms with van der Waals surface area (Å²) < 4.78 is 13.7. The van der Waals surface area contributed by atoms with Crippen LogP contribution >= 0.6 is 15.9 Å². The van der Waals surface area contributed by atoms with Crippen LogP contribution in [0.4, 0.5) is 4.39 Å². The smallest absolute Gasteiger partial charge is 0.137 e. The van der Waals surface area contributed by atoms with E-state index in [4.69, 9.17) is 5.26 Å². The van der Waals surface area contributed by atoms with Gasteiger partial charge in [-0.05, 0) is 47.7 Å². The maximum Gasteiger partial charge on any atom is 0.137 e. The second-order valence-corrected chi connectivity index (χ2v) is 4.85. The van der Waals surface area contributed by atoms with Crippen molar-refractivity contribution in [2.24, 2.45) is 0 Å². The molecule has 0 saturated carbocycles. The summed E-state index contributed by atoms with van der Waals surface area (Å²) in [5.41, 5.74) is 0.645. The number of nitrogens with one attached hydrogen (secondary N) is 1. The van der Waals surface area contributed by atoms with E-state index in [-0.39, 0.29) is 5.82 Å². The molecule has 0 fully saturated rings. The molecule has 0 radical (unpaired) electrons. The quantitative estimate of drug-likeness (QED) is 0.907. The van der Waals surface area contributed by atoms with Gasteiger partial charge in [0, 0.05) is 13.1 Å². The van der Waals surface area contributed by atoms with Gasteiger partial charge in [-0.15, -0.1) is 0 Å². The Balaban J connectivity index is 2.67. The van der Waals surface area contributed by atoms with E-state index in [2.05, 4.69) is 27.3 Å². The third kappa shape index (κ3) is 4.43. The van der Waals surface area contributed by atoms with E-state index in [9.17, 15) is 4.39 Å². The van der Waals surface area contributed by atoms with Crippen molar-refractivity contribution in [3.8, 4) is 6.07 Å². The van der Waals surface area contributed by atoms with Crippen LogP contribution in [0.25, 0.3) is 0 Å². The van der Waals surface area contributed by atoms with E-state index in [1.807, 2.05) is 19.0 Å². The molecule has 17 heavy (non-hydrogen) atoms. The van der Waals surface area contributed by atoms with Crippen LogP contribution in [0.15, 0.2) is 22.7 Å². The molecule has 0 aromatic heterocycles. The zero-order valence-corrected chi connectivity index (χ0v) is 11.5. The lowest BCUT2D eigenvalue weighted by atomic mass is 10.1. The molecule has 5 heteroatoms. The third-order valence-electron chi connectivity index (χ3n) is 2.31. The zero-order chi connectivity index (χ0) is 12.8. The van der Waals surface area contributed by atoms with Crippen molar-refractivity contribution in [3.63, 3.8) is 0 Å². The molecule has 0 aliphatic rings. The first-order valence-electron chi connectivity index (χ1n) is 5.27. The molecule has 92 valence electrons. The second-order valence-electron chi connectivity index (χ2n) is 3.99. The average Bonchev–Trinajstić information content (AvgIpc) is 2.28. The summed E-state index contributed by atoms with van der Waals surface area (Å²) in [7, 11) is 3.92. The van der Waals surface area contributed by atoms with Crippen LogP contribution in [0.5, 0.6) is 0 Å². The Labute approximate surface area is 109 Å². The summed E-state index contributed by atoms with van der Waals surface area (Å²) in [5.74, 6) is -0.350. The monoisotopic (exact) mass is 299 g/mol. The van der Waals surface area contributed by atoms with Gasteiger partial charge in [0.2, 0.25) is 0 Å². The minimum absolute atomic E-state index is 0.350. The molecule has 3 nitrogen and oxygen atoms in total. The van der Waals surface area contributed by atoms with Crippen LogP contribution in [0.2, 0.25) is 0 Å². The van der Waals surface area contributed by atoms with Gasteiger partial charge in [0.1, 0.15) is 11.9 Å². The molecule has 0 aliphatic heterocycles. The third-order valence-corrected chi connectivity index (χ3v) is 2.96. The zero-order valence-electron chi connectivity index (χ0n) is 9.87. The fourth-order valence-electron chi connectivity index (χ4n) is 1.36. The van der Waals surface area contributed by atoms with E-state index in [1.54, 1.807) is 12.1 Å². The molecule has 0 saturated heterocycles. The Hall–Kier alpha value is -0.960. The standard InChI is InChI=1S/C12H15BrFN3/c1-17(2)6-5-16-12(8-15)9-3-4-10(13)11(14)7-9/h3-4,7,12,16H,5-6H2,1-2H3. The Kier molecular flexibility index (Phi) is 5.56. The minimum Gasteiger partial charge on any atom is -0.308 e. The van der Waals surface area contributed by atoms with Crippen molar-refractivity contribution in [2.45, 2.75) is 6.04 Å². The first-order chi connectivity index (χ1) is 8.04. The van der Waals surface area contributed by atoms with Gasteiger partial charge in [0.05, 0.1) is 10.5 Å². The molecule has 1 aromatic carbocycles. The number of hydrogen-bond acceptors (Lipinski definition) is 3. The molecule has 1 rings (SSSR count). The number of rotatable bonds is 5. The van der Waals surface area contributed by atoms with Crippen LogP contribution in [0, 0.1) is 17.1 Å². The summed E-state index contributed by atoms with van der Waals surface area (Å²) >= 11 is 3.09. The van der Waals surface area contributed by atoms with Crippen molar-refractivity contribution in [2.75, 3.05) is 27.2 Å². The Morgan fingerprint density at radius 3 is 2.76 bits per heavy atom.